The van der Waals surface area contributed by atoms with Crippen LogP contribution in [0.2, 0.25) is 0 Å². The predicted molar refractivity (Wildman–Crippen MR) is 94.4 cm³/mol. The second-order valence-electron chi connectivity index (χ2n) is 5.06. The van der Waals surface area contributed by atoms with E-state index in [0.29, 0.717) is 0 Å². The molecule has 1 amide bonds. The third-order valence-corrected chi connectivity index (χ3v) is 3.45. The number of fused-ring (bicyclic) bond motifs is 1. The molecule has 0 atom stereocenters. The lowest BCUT2D eigenvalue weighted by molar-refractivity contribution is 0.174. The first kappa shape index (κ1) is 14.9. The first-order valence-electron chi connectivity index (χ1n) is 7.46. The Bertz CT molecular complexity index is 820. The van der Waals surface area contributed by atoms with Gasteiger partial charge in [-0.05, 0) is 23.1 Å². The zero-order chi connectivity index (χ0) is 15.9. The Morgan fingerprint density at radius 2 is 1.65 bits per heavy atom. The van der Waals surface area contributed by atoms with E-state index in [1.54, 1.807) is 0 Å². The maximum atomic E-state index is 11.9. The van der Waals surface area contributed by atoms with E-state index < -0.39 is 6.09 Å². The molecule has 0 aliphatic carbocycles. The molecular weight excluding hydrogens is 286 g/mol. The highest BCUT2D eigenvalue weighted by Crippen LogP contribution is 2.22. The summed E-state index contributed by atoms with van der Waals surface area (Å²) in [6, 6.07) is 23.6. The summed E-state index contributed by atoms with van der Waals surface area (Å²) in [6.45, 7) is 0.228. The number of nitrogens with one attached hydrogen (secondary N) is 1. The molecule has 3 aromatic rings. The van der Waals surface area contributed by atoms with Gasteiger partial charge in [-0.25, -0.2) is 4.79 Å². The van der Waals surface area contributed by atoms with Crippen LogP contribution in [0.15, 0.2) is 78.9 Å². The molecule has 0 saturated heterocycles. The molecule has 3 rings (SSSR count). The van der Waals surface area contributed by atoms with Crippen molar-refractivity contribution in [3.63, 3.8) is 0 Å². The first-order chi connectivity index (χ1) is 11.3. The van der Waals surface area contributed by atoms with Crippen molar-refractivity contribution in [1.82, 2.24) is 0 Å². The summed E-state index contributed by atoms with van der Waals surface area (Å²) < 4.78 is 5.18. The molecule has 23 heavy (non-hydrogen) atoms. The SMILES string of the molecule is O=C(Nc1cccc2ccccc12)OCC=Cc1ccccc1. The fourth-order valence-corrected chi connectivity index (χ4v) is 2.35. The summed E-state index contributed by atoms with van der Waals surface area (Å²) in [5, 5.41) is 4.86. The van der Waals surface area contributed by atoms with Gasteiger partial charge in [-0.1, -0.05) is 72.8 Å². The minimum absolute atomic E-state index is 0.228. The number of rotatable bonds is 4. The molecule has 3 nitrogen and oxygen atoms in total. The Kier molecular flexibility index (Phi) is 4.69. The third-order valence-electron chi connectivity index (χ3n) is 3.45. The Balaban J connectivity index is 1.58. The second-order valence-corrected chi connectivity index (χ2v) is 5.06. The van der Waals surface area contributed by atoms with Crippen molar-refractivity contribution in [3.8, 4) is 0 Å². The number of benzene rings is 3. The van der Waals surface area contributed by atoms with Crippen LogP contribution in [-0.2, 0) is 4.74 Å². The van der Waals surface area contributed by atoms with E-state index in [0.717, 1.165) is 22.0 Å². The van der Waals surface area contributed by atoms with E-state index in [2.05, 4.69) is 5.32 Å². The van der Waals surface area contributed by atoms with Crippen molar-refractivity contribution < 1.29 is 9.53 Å². The molecule has 0 heterocycles. The van der Waals surface area contributed by atoms with Gasteiger partial charge in [0, 0.05) is 5.39 Å². The van der Waals surface area contributed by atoms with Gasteiger partial charge >= 0.3 is 6.09 Å². The summed E-state index contributed by atoms with van der Waals surface area (Å²) in [5.41, 5.74) is 1.82. The van der Waals surface area contributed by atoms with Crippen LogP contribution in [0.4, 0.5) is 10.5 Å². The lowest BCUT2D eigenvalue weighted by Crippen LogP contribution is -2.13. The van der Waals surface area contributed by atoms with Crippen LogP contribution in [0.25, 0.3) is 16.8 Å². The predicted octanol–water partition coefficient (Wildman–Crippen LogP) is 5.10. The number of carbonyl (C=O) groups is 1. The Morgan fingerprint density at radius 1 is 0.913 bits per heavy atom. The standard InChI is InChI=1S/C20H17NO2/c22-20(23-15-7-10-16-8-2-1-3-9-16)21-19-14-6-12-17-11-4-5-13-18(17)19/h1-14H,15H2,(H,21,22). The molecular formula is C20H17NO2. The normalized spacial score (nSPS) is 10.8. The van der Waals surface area contributed by atoms with E-state index in [-0.39, 0.29) is 6.61 Å². The van der Waals surface area contributed by atoms with Crippen molar-refractivity contribution in [2.24, 2.45) is 0 Å². The van der Waals surface area contributed by atoms with Crippen LogP contribution in [0.3, 0.4) is 0 Å². The largest absolute Gasteiger partial charge is 0.445 e. The van der Waals surface area contributed by atoms with Gasteiger partial charge in [0.2, 0.25) is 0 Å². The van der Waals surface area contributed by atoms with Gasteiger partial charge in [0.05, 0.1) is 5.69 Å². The van der Waals surface area contributed by atoms with Crippen LogP contribution >= 0.6 is 0 Å². The lowest BCUT2D eigenvalue weighted by atomic mass is 10.1. The van der Waals surface area contributed by atoms with Crippen LogP contribution in [0.5, 0.6) is 0 Å². The number of amides is 1. The summed E-state index contributed by atoms with van der Waals surface area (Å²) in [4.78, 5) is 11.9. The van der Waals surface area contributed by atoms with Gasteiger partial charge in [0.15, 0.2) is 0 Å². The van der Waals surface area contributed by atoms with Gasteiger partial charge in [0.1, 0.15) is 6.61 Å². The van der Waals surface area contributed by atoms with E-state index in [1.165, 1.54) is 0 Å². The summed E-state index contributed by atoms with van der Waals surface area (Å²) in [7, 11) is 0. The molecule has 3 aromatic carbocycles. The smallest absolute Gasteiger partial charge is 0.411 e. The van der Waals surface area contributed by atoms with Gasteiger partial charge in [-0.15, -0.1) is 0 Å². The summed E-state index contributed by atoms with van der Waals surface area (Å²) in [6.07, 6.45) is 3.28. The minimum Gasteiger partial charge on any atom is -0.445 e. The molecule has 0 spiro atoms. The van der Waals surface area contributed by atoms with Crippen LogP contribution in [-0.4, -0.2) is 12.7 Å². The molecule has 0 unspecified atom stereocenters. The van der Waals surface area contributed by atoms with Crippen molar-refractivity contribution in [1.29, 1.82) is 0 Å². The number of hydrogen-bond acceptors (Lipinski definition) is 2. The molecule has 3 heteroatoms. The van der Waals surface area contributed by atoms with Crippen LogP contribution < -0.4 is 5.32 Å². The summed E-state index contributed by atoms with van der Waals surface area (Å²) >= 11 is 0. The highest BCUT2D eigenvalue weighted by molar-refractivity contribution is 6.00. The first-order valence-corrected chi connectivity index (χ1v) is 7.46. The molecule has 0 aliphatic rings. The monoisotopic (exact) mass is 303 g/mol. The zero-order valence-corrected chi connectivity index (χ0v) is 12.6. The van der Waals surface area contributed by atoms with Crippen molar-refractivity contribution in [2.75, 3.05) is 11.9 Å². The van der Waals surface area contributed by atoms with Crippen LogP contribution in [0.1, 0.15) is 5.56 Å². The number of ether oxygens (including phenoxy) is 1. The lowest BCUT2D eigenvalue weighted by Gasteiger charge is -2.08. The fraction of sp³-hybridized carbons (Fsp3) is 0.0500. The topological polar surface area (TPSA) is 38.3 Å². The van der Waals surface area contributed by atoms with Gasteiger partial charge < -0.3 is 4.74 Å². The Hall–Kier alpha value is -3.07. The van der Waals surface area contributed by atoms with Crippen molar-refractivity contribution in [3.05, 3.63) is 84.4 Å². The molecule has 0 saturated carbocycles. The van der Waals surface area contributed by atoms with Crippen molar-refractivity contribution >= 4 is 28.6 Å². The third kappa shape index (κ3) is 3.98. The highest BCUT2D eigenvalue weighted by Gasteiger charge is 2.05. The molecule has 1 N–H and O–H groups in total. The van der Waals surface area contributed by atoms with E-state index >= 15 is 0 Å². The average Bonchev–Trinajstić information content (AvgIpc) is 2.60. The molecule has 114 valence electrons. The maximum absolute atomic E-state index is 11.9. The van der Waals surface area contributed by atoms with Crippen LogP contribution in [0, 0.1) is 0 Å². The molecule has 0 fully saturated rings. The minimum atomic E-state index is -0.459. The van der Waals surface area contributed by atoms with E-state index in [1.807, 2.05) is 84.9 Å². The maximum Gasteiger partial charge on any atom is 0.411 e. The molecule has 0 radical (unpaired) electrons. The van der Waals surface area contributed by atoms with Crippen molar-refractivity contribution in [2.45, 2.75) is 0 Å². The quantitative estimate of drug-likeness (QED) is 0.728. The van der Waals surface area contributed by atoms with Gasteiger partial charge in [-0.2, -0.15) is 0 Å². The second kappa shape index (κ2) is 7.27. The average molecular weight is 303 g/mol. The molecule has 0 aromatic heterocycles. The van der Waals surface area contributed by atoms with Gasteiger partial charge in [-0.3, -0.25) is 5.32 Å². The zero-order valence-electron chi connectivity index (χ0n) is 12.6. The fourth-order valence-electron chi connectivity index (χ4n) is 2.35. The highest BCUT2D eigenvalue weighted by atomic mass is 16.5. The van der Waals surface area contributed by atoms with E-state index in [9.17, 15) is 4.79 Å². The molecule has 0 bridgehead atoms. The van der Waals surface area contributed by atoms with Gasteiger partial charge in [0.25, 0.3) is 0 Å². The summed E-state index contributed by atoms with van der Waals surface area (Å²) in [5.74, 6) is 0. The number of anilines is 1. The van der Waals surface area contributed by atoms with E-state index in [4.69, 9.17) is 4.74 Å². The number of carbonyl (C=O) groups excluding carboxylic acids is 1. The Labute approximate surface area is 135 Å². The molecule has 0 aliphatic heterocycles. The number of hydrogen-bond donors (Lipinski definition) is 1. The Morgan fingerprint density at radius 3 is 2.52 bits per heavy atom.